The molecular formula is C30H36F3N3O3. The predicted octanol–water partition coefficient (Wildman–Crippen LogP) is 5.76. The number of alkyl halides is 3. The Labute approximate surface area is 227 Å². The van der Waals surface area contributed by atoms with Crippen LogP contribution in [0.4, 0.5) is 13.2 Å². The number of likely N-dealkylation sites (tertiary alicyclic amines) is 1. The van der Waals surface area contributed by atoms with Crippen LogP contribution in [0.25, 0.3) is 0 Å². The second kappa shape index (κ2) is 10.6. The molecule has 1 aromatic carbocycles. The number of hydrogen-bond donors (Lipinski definition) is 1. The van der Waals surface area contributed by atoms with Gasteiger partial charge in [-0.05, 0) is 86.4 Å². The van der Waals surface area contributed by atoms with Crippen LogP contribution in [0.3, 0.4) is 0 Å². The molecule has 1 aliphatic carbocycles. The number of halogens is 3. The average molecular weight is 544 g/mol. The van der Waals surface area contributed by atoms with Gasteiger partial charge in [-0.2, -0.15) is 13.2 Å². The number of carbonyl (C=O) groups is 2. The molecule has 2 atom stereocenters. The van der Waals surface area contributed by atoms with Crippen LogP contribution >= 0.6 is 0 Å². The third kappa shape index (κ3) is 5.42. The van der Waals surface area contributed by atoms with Gasteiger partial charge in [-0.25, -0.2) is 4.79 Å². The van der Waals surface area contributed by atoms with Gasteiger partial charge in [0, 0.05) is 37.4 Å². The quantitative estimate of drug-likeness (QED) is 0.519. The molecule has 1 unspecified atom stereocenters. The summed E-state index contributed by atoms with van der Waals surface area (Å²) in [5.74, 6) is -0.415. The standard InChI is InChI=1S/C30H36F3N3O3/c1-19(2)29(28(39)36-13-9-26-23(18-36)15-24(17-34-26)30(31,32)33)10-6-25(16-29)35-11-7-20(8-12-35)21-4-3-5-22(14-21)27(37)38/h3-5,14-15,17,19-20,25H,6-13,16,18H2,1-2H3,(H,37,38)/t25?,29-/m0/s1. The zero-order valence-corrected chi connectivity index (χ0v) is 22.5. The number of aromatic carboxylic acids is 1. The molecule has 1 amide bonds. The summed E-state index contributed by atoms with van der Waals surface area (Å²) in [5, 5.41) is 9.33. The van der Waals surface area contributed by atoms with Gasteiger partial charge in [-0.3, -0.25) is 9.78 Å². The Bertz CT molecular complexity index is 1240. The molecule has 1 saturated carbocycles. The molecule has 1 aromatic heterocycles. The SMILES string of the molecule is CC(C)[C@]1(C(=O)N2CCc3ncc(C(F)(F)F)cc3C2)CCC(N2CCC(c3cccc(C(=O)O)c3)CC2)C1. The molecule has 3 aliphatic rings. The molecule has 1 N–H and O–H groups in total. The first-order valence-corrected chi connectivity index (χ1v) is 13.9. The molecule has 3 heterocycles. The lowest BCUT2D eigenvalue weighted by molar-refractivity contribution is -0.146. The zero-order chi connectivity index (χ0) is 27.9. The fourth-order valence-corrected chi connectivity index (χ4v) is 6.92. The van der Waals surface area contributed by atoms with Crippen LogP contribution < -0.4 is 0 Å². The van der Waals surface area contributed by atoms with Crippen LogP contribution in [0.5, 0.6) is 0 Å². The van der Waals surface area contributed by atoms with Gasteiger partial charge in [0.1, 0.15) is 0 Å². The lowest BCUT2D eigenvalue weighted by atomic mass is 9.73. The first-order chi connectivity index (χ1) is 18.5. The minimum absolute atomic E-state index is 0.0587. The van der Waals surface area contributed by atoms with Crippen molar-refractivity contribution in [2.75, 3.05) is 19.6 Å². The van der Waals surface area contributed by atoms with Crippen molar-refractivity contribution < 1.29 is 27.9 Å². The highest BCUT2D eigenvalue weighted by Crippen LogP contribution is 2.48. The zero-order valence-electron chi connectivity index (χ0n) is 22.5. The fraction of sp³-hybridized carbons (Fsp3) is 0.567. The van der Waals surface area contributed by atoms with Crippen molar-refractivity contribution in [2.45, 2.75) is 77.1 Å². The number of carboxylic acids is 1. The molecule has 2 fully saturated rings. The second-order valence-electron chi connectivity index (χ2n) is 11.8. The summed E-state index contributed by atoms with van der Waals surface area (Å²) >= 11 is 0. The Kier molecular flexibility index (Phi) is 7.48. The van der Waals surface area contributed by atoms with Crippen LogP contribution in [-0.2, 0) is 23.9 Å². The van der Waals surface area contributed by atoms with Crippen LogP contribution in [-0.4, -0.2) is 57.4 Å². The number of carbonyl (C=O) groups excluding carboxylic acids is 1. The van der Waals surface area contributed by atoms with Gasteiger partial charge in [0.2, 0.25) is 5.91 Å². The van der Waals surface area contributed by atoms with Gasteiger partial charge in [0.05, 0.1) is 16.5 Å². The highest BCUT2D eigenvalue weighted by atomic mass is 19.4. The predicted molar refractivity (Wildman–Crippen MR) is 140 cm³/mol. The van der Waals surface area contributed by atoms with Crippen molar-refractivity contribution in [1.29, 1.82) is 0 Å². The van der Waals surface area contributed by atoms with E-state index in [1.807, 2.05) is 12.1 Å². The Morgan fingerprint density at radius 1 is 1.10 bits per heavy atom. The van der Waals surface area contributed by atoms with E-state index in [-0.39, 0.29) is 18.4 Å². The van der Waals surface area contributed by atoms with Gasteiger partial charge in [-0.1, -0.05) is 26.0 Å². The number of hydrogen-bond acceptors (Lipinski definition) is 4. The summed E-state index contributed by atoms with van der Waals surface area (Å²) in [6, 6.07) is 8.66. The molecule has 2 aromatic rings. The van der Waals surface area contributed by atoms with E-state index in [1.54, 1.807) is 17.0 Å². The van der Waals surface area contributed by atoms with E-state index in [4.69, 9.17) is 0 Å². The largest absolute Gasteiger partial charge is 0.478 e. The second-order valence-corrected chi connectivity index (χ2v) is 11.8. The van der Waals surface area contributed by atoms with Crippen molar-refractivity contribution in [3.63, 3.8) is 0 Å². The molecule has 0 spiro atoms. The number of piperidine rings is 1. The Balaban J connectivity index is 1.25. The summed E-state index contributed by atoms with van der Waals surface area (Å²) in [7, 11) is 0. The Hall–Kier alpha value is -2.94. The summed E-state index contributed by atoms with van der Waals surface area (Å²) in [5.41, 5.74) is 1.23. The van der Waals surface area contributed by atoms with Gasteiger partial charge in [-0.15, -0.1) is 0 Å². The number of benzene rings is 1. The molecule has 6 nitrogen and oxygen atoms in total. The lowest BCUT2D eigenvalue weighted by Gasteiger charge is -2.41. The summed E-state index contributed by atoms with van der Waals surface area (Å²) in [4.78, 5) is 33.7. The number of pyridine rings is 1. The summed E-state index contributed by atoms with van der Waals surface area (Å²) in [6.07, 6.45) is 1.24. The third-order valence-electron chi connectivity index (χ3n) is 9.36. The number of rotatable bonds is 5. The molecule has 0 radical (unpaired) electrons. The van der Waals surface area contributed by atoms with E-state index in [0.29, 0.717) is 41.7 Å². The number of fused-ring (bicyclic) bond motifs is 1. The maximum atomic E-state index is 14.0. The van der Waals surface area contributed by atoms with E-state index < -0.39 is 23.1 Å². The molecule has 39 heavy (non-hydrogen) atoms. The van der Waals surface area contributed by atoms with E-state index in [0.717, 1.165) is 63.0 Å². The van der Waals surface area contributed by atoms with Crippen LogP contribution in [0, 0.1) is 11.3 Å². The monoisotopic (exact) mass is 543 g/mol. The van der Waals surface area contributed by atoms with Gasteiger partial charge in [0.25, 0.3) is 0 Å². The van der Waals surface area contributed by atoms with Crippen molar-refractivity contribution in [1.82, 2.24) is 14.8 Å². The third-order valence-corrected chi connectivity index (χ3v) is 9.36. The van der Waals surface area contributed by atoms with Crippen molar-refractivity contribution in [3.8, 4) is 0 Å². The van der Waals surface area contributed by atoms with E-state index in [9.17, 15) is 27.9 Å². The Morgan fingerprint density at radius 3 is 2.51 bits per heavy atom. The maximum absolute atomic E-state index is 14.0. The lowest BCUT2D eigenvalue weighted by Crippen LogP contribution is -2.49. The average Bonchev–Trinajstić information content (AvgIpc) is 3.39. The smallest absolute Gasteiger partial charge is 0.417 e. The summed E-state index contributed by atoms with van der Waals surface area (Å²) in [6.45, 7) is 6.62. The Morgan fingerprint density at radius 2 is 1.85 bits per heavy atom. The normalized spacial score (nSPS) is 24.7. The fourth-order valence-electron chi connectivity index (χ4n) is 6.92. The number of aromatic nitrogens is 1. The van der Waals surface area contributed by atoms with Crippen molar-refractivity contribution >= 4 is 11.9 Å². The minimum atomic E-state index is -4.46. The first kappa shape index (κ1) is 27.6. The van der Waals surface area contributed by atoms with Gasteiger partial charge in [0.15, 0.2) is 0 Å². The van der Waals surface area contributed by atoms with Crippen LogP contribution in [0.1, 0.15) is 84.6 Å². The van der Waals surface area contributed by atoms with E-state index >= 15 is 0 Å². The van der Waals surface area contributed by atoms with Crippen LogP contribution in [0.15, 0.2) is 36.5 Å². The maximum Gasteiger partial charge on any atom is 0.417 e. The molecule has 210 valence electrons. The molecule has 1 saturated heterocycles. The summed E-state index contributed by atoms with van der Waals surface area (Å²) < 4.78 is 39.8. The molecule has 0 bridgehead atoms. The van der Waals surface area contributed by atoms with Crippen molar-refractivity contribution in [2.24, 2.45) is 11.3 Å². The molecule has 9 heteroatoms. The minimum Gasteiger partial charge on any atom is -0.478 e. The molecule has 2 aliphatic heterocycles. The van der Waals surface area contributed by atoms with Gasteiger partial charge >= 0.3 is 12.1 Å². The molecule has 5 rings (SSSR count). The van der Waals surface area contributed by atoms with Crippen molar-refractivity contribution in [3.05, 3.63) is 64.5 Å². The number of nitrogens with zero attached hydrogens (tertiary/aromatic N) is 3. The van der Waals surface area contributed by atoms with E-state index in [2.05, 4.69) is 23.7 Å². The first-order valence-electron chi connectivity index (χ1n) is 13.9. The number of amides is 1. The highest BCUT2D eigenvalue weighted by molar-refractivity contribution is 5.87. The molecular weight excluding hydrogens is 507 g/mol. The van der Waals surface area contributed by atoms with Crippen LogP contribution in [0.2, 0.25) is 0 Å². The highest BCUT2D eigenvalue weighted by Gasteiger charge is 2.51. The topological polar surface area (TPSA) is 73.7 Å². The van der Waals surface area contributed by atoms with Gasteiger partial charge < -0.3 is 14.9 Å². The van der Waals surface area contributed by atoms with E-state index in [1.165, 1.54) is 0 Å². The number of carboxylic acid groups (broad SMARTS) is 1.